The van der Waals surface area contributed by atoms with Gasteiger partial charge in [0.05, 0.1) is 5.69 Å². The monoisotopic (exact) mass is 319 g/mol. The lowest BCUT2D eigenvalue weighted by Crippen LogP contribution is -2.32. The number of aromatic nitrogens is 1. The van der Waals surface area contributed by atoms with Gasteiger partial charge in [-0.1, -0.05) is 37.1 Å². The van der Waals surface area contributed by atoms with Crippen LogP contribution in [0, 0.1) is 0 Å². The van der Waals surface area contributed by atoms with Crippen molar-refractivity contribution in [3.63, 3.8) is 0 Å². The highest BCUT2D eigenvalue weighted by Gasteiger charge is 2.05. The SMILES string of the molecule is CCCc1ccc(OCNC(=O)Nc2cccnc2Cl)cc1. The van der Waals surface area contributed by atoms with Gasteiger partial charge in [-0.3, -0.25) is 0 Å². The number of aryl methyl sites for hydroxylation is 1. The number of hydrogen-bond donors (Lipinski definition) is 2. The lowest BCUT2D eigenvalue weighted by atomic mass is 10.1. The van der Waals surface area contributed by atoms with Crippen LogP contribution >= 0.6 is 11.6 Å². The Bertz CT molecular complexity index is 617. The summed E-state index contributed by atoms with van der Waals surface area (Å²) in [5.74, 6) is 0.708. The van der Waals surface area contributed by atoms with Crippen LogP contribution in [0.4, 0.5) is 10.5 Å². The number of halogens is 1. The van der Waals surface area contributed by atoms with Gasteiger partial charge in [0.25, 0.3) is 0 Å². The zero-order chi connectivity index (χ0) is 15.8. The van der Waals surface area contributed by atoms with Crippen molar-refractivity contribution in [3.8, 4) is 5.75 Å². The van der Waals surface area contributed by atoms with Crippen molar-refractivity contribution in [2.24, 2.45) is 0 Å². The van der Waals surface area contributed by atoms with Crippen molar-refractivity contribution < 1.29 is 9.53 Å². The summed E-state index contributed by atoms with van der Waals surface area (Å²) in [4.78, 5) is 15.6. The van der Waals surface area contributed by atoms with Gasteiger partial charge in [0.1, 0.15) is 5.75 Å². The molecule has 0 aliphatic heterocycles. The van der Waals surface area contributed by atoms with E-state index in [1.165, 1.54) is 5.56 Å². The summed E-state index contributed by atoms with van der Waals surface area (Å²) in [5.41, 5.74) is 1.72. The van der Waals surface area contributed by atoms with Crippen LogP contribution in [0.5, 0.6) is 5.75 Å². The molecule has 0 saturated carbocycles. The average molecular weight is 320 g/mol. The van der Waals surface area contributed by atoms with Crippen LogP contribution < -0.4 is 15.4 Å². The molecule has 0 aliphatic carbocycles. The van der Waals surface area contributed by atoms with Crippen LogP contribution in [0.3, 0.4) is 0 Å². The molecule has 2 rings (SSSR count). The number of amides is 2. The summed E-state index contributed by atoms with van der Waals surface area (Å²) in [6, 6.07) is 10.8. The number of pyridine rings is 1. The van der Waals surface area contributed by atoms with Gasteiger partial charge in [-0.15, -0.1) is 0 Å². The summed E-state index contributed by atoms with van der Waals surface area (Å²) in [6.45, 7) is 2.21. The Balaban J connectivity index is 1.76. The number of hydrogen-bond acceptors (Lipinski definition) is 3. The van der Waals surface area contributed by atoms with E-state index in [0.717, 1.165) is 12.8 Å². The third-order valence-corrected chi connectivity index (χ3v) is 3.24. The number of anilines is 1. The largest absolute Gasteiger partial charge is 0.473 e. The molecule has 0 fully saturated rings. The minimum atomic E-state index is -0.405. The molecule has 1 aromatic heterocycles. The maximum absolute atomic E-state index is 11.7. The molecule has 0 bridgehead atoms. The number of carbonyl (C=O) groups is 1. The van der Waals surface area contributed by atoms with E-state index in [0.29, 0.717) is 11.4 Å². The van der Waals surface area contributed by atoms with Crippen molar-refractivity contribution in [2.75, 3.05) is 12.0 Å². The molecule has 0 aliphatic rings. The fraction of sp³-hybridized carbons (Fsp3) is 0.250. The van der Waals surface area contributed by atoms with Crippen molar-refractivity contribution >= 4 is 23.3 Å². The molecule has 5 nitrogen and oxygen atoms in total. The maximum Gasteiger partial charge on any atom is 0.321 e. The molecule has 6 heteroatoms. The Kier molecular flexibility index (Phi) is 6.03. The first-order chi connectivity index (χ1) is 10.7. The summed E-state index contributed by atoms with van der Waals surface area (Å²) in [6.07, 6.45) is 3.71. The number of ether oxygens (including phenoxy) is 1. The predicted octanol–water partition coefficient (Wildman–Crippen LogP) is 3.85. The topological polar surface area (TPSA) is 63.2 Å². The number of benzene rings is 1. The van der Waals surface area contributed by atoms with Gasteiger partial charge in [-0.2, -0.15) is 0 Å². The Labute approximate surface area is 134 Å². The van der Waals surface area contributed by atoms with E-state index < -0.39 is 6.03 Å². The molecule has 2 amide bonds. The number of carbonyl (C=O) groups excluding carboxylic acids is 1. The van der Waals surface area contributed by atoms with E-state index >= 15 is 0 Å². The highest BCUT2D eigenvalue weighted by atomic mass is 35.5. The molecular formula is C16H18ClN3O2. The highest BCUT2D eigenvalue weighted by molar-refractivity contribution is 6.32. The summed E-state index contributed by atoms with van der Waals surface area (Å²) >= 11 is 5.85. The van der Waals surface area contributed by atoms with Gasteiger partial charge in [-0.25, -0.2) is 9.78 Å². The average Bonchev–Trinajstić information content (AvgIpc) is 2.52. The Hall–Kier alpha value is -2.27. The minimum Gasteiger partial charge on any atom is -0.473 e. The molecule has 2 aromatic rings. The first-order valence-corrected chi connectivity index (χ1v) is 7.44. The number of nitrogens with zero attached hydrogens (tertiary/aromatic N) is 1. The van der Waals surface area contributed by atoms with Crippen LogP contribution in [-0.4, -0.2) is 17.7 Å². The molecule has 0 radical (unpaired) electrons. The van der Waals surface area contributed by atoms with E-state index in [9.17, 15) is 4.79 Å². The number of urea groups is 1. The van der Waals surface area contributed by atoms with E-state index in [1.807, 2.05) is 24.3 Å². The third kappa shape index (κ3) is 4.93. The van der Waals surface area contributed by atoms with Crippen LogP contribution in [0.15, 0.2) is 42.6 Å². The normalized spacial score (nSPS) is 10.1. The zero-order valence-electron chi connectivity index (χ0n) is 12.3. The molecule has 1 aromatic carbocycles. The molecule has 0 saturated heterocycles. The maximum atomic E-state index is 11.7. The first kappa shape index (κ1) is 16.1. The van der Waals surface area contributed by atoms with E-state index in [-0.39, 0.29) is 11.9 Å². The van der Waals surface area contributed by atoms with Crippen LogP contribution in [-0.2, 0) is 6.42 Å². The molecule has 1 heterocycles. The Morgan fingerprint density at radius 2 is 2.05 bits per heavy atom. The lowest BCUT2D eigenvalue weighted by molar-refractivity contribution is 0.234. The molecule has 0 unspecified atom stereocenters. The van der Waals surface area contributed by atoms with Gasteiger partial charge < -0.3 is 15.4 Å². The van der Waals surface area contributed by atoms with Gasteiger partial charge >= 0.3 is 6.03 Å². The van der Waals surface area contributed by atoms with Crippen molar-refractivity contribution in [2.45, 2.75) is 19.8 Å². The number of nitrogens with one attached hydrogen (secondary N) is 2. The fourth-order valence-electron chi connectivity index (χ4n) is 1.87. The first-order valence-electron chi connectivity index (χ1n) is 7.06. The third-order valence-electron chi connectivity index (χ3n) is 2.94. The second kappa shape index (κ2) is 8.24. The zero-order valence-corrected chi connectivity index (χ0v) is 13.1. The minimum absolute atomic E-state index is 0.0663. The quantitative estimate of drug-likeness (QED) is 0.628. The Morgan fingerprint density at radius 3 is 2.73 bits per heavy atom. The molecule has 0 spiro atoms. The van der Waals surface area contributed by atoms with Crippen molar-refractivity contribution in [3.05, 3.63) is 53.3 Å². The van der Waals surface area contributed by atoms with Crippen molar-refractivity contribution in [1.29, 1.82) is 0 Å². The van der Waals surface area contributed by atoms with Crippen LogP contribution in [0.1, 0.15) is 18.9 Å². The summed E-state index contributed by atoms with van der Waals surface area (Å²) in [7, 11) is 0. The fourth-order valence-corrected chi connectivity index (χ4v) is 2.04. The van der Waals surface area contributed by atoms with Crippen LogP contribution in [0.2, 0.25) is 5.15 Å². The second-order valence-corrected chi connectivity index (χ2v) is 5.01. The molecule has 0 atom stereocenters. The molecule has 2 N–H and O–H groups in total. The standard InChI is InChI=1S/C16H18ClN3O2/c1-2-4-12-6-8-13(9-7-12)22-11-19-16(21)20-14-5-3-10-18-15(14)17/h3,5-10H,2,4,11H2,1H3,(H2,19,20,21). The van der Waals surface area contributed by atoms with Gasteiger partial charge in [0, 0.05) is 6.20 Å². The highest BCUT2D eigenvalue weighted by Crippen LogP contribution is 2.17. The lowest BCUT2D eigenvalue weighted by Gasteiger charge is -2.10. The summed E-state index contributed by atoms with van der Waals surface area (Å²) < 4.78 is 5.46. The molecular weight excluding hydrogens is 302 g/mol. The molecule has 22 heavy (non-hydrogen) atoms. The van der Waals surface area contributed by atoms with Crippen LogP contribution in [0.25, 0.3) is 0 Å². The van der Waals surface area contributed by atoms with Gasteiger partial charge in [0.2, 0.25) is 0 Å². The number of rotatable bonds is 6. The Morgan fingerprint density at radius 1 is 1.27 bits per heavy atom. The van der Waals surface area contributed by atoms with E-state index in [2.05, 4.69) is 22.5 Å². The van der Waals surface area contributed by atoms with Gasteiger partial charge in [-0.05, 0) is 36.2 Å². The van der Waals surface area contributed by atoms with E-state index in [4.69, 9.17) is 16.3 Å². The smallest absolute Gasteiger partial charge is 0.321 e. The van der Waals surface area contributed by atoms with Gasteiger partial charge in [0.15, 0.2) is 11.9 Å². The predicted molar refractivity (Wildman–Crippen MR) is 87.3 cm³/mol. The second-order valence-electron chi connectivity index (χ2n) is 4.66. The van der Waals surface area contributed by atoms with E-state index in [1.54, 1.807) is 18.3 Å². The molecule has 116 valence electrons. The van der Waals surface area contributed by atoms with Crippen molar-refractivity contribution in [1.82, 2.24) is 10.3 Å². The summed E-state index contributed by atoms with van der Waals surface area (Å²) in [5, 5.41) is 5.43.